The second-order valence-corrected chi connectivity index (χ2v) is 4.90. The fraction of sp³-hybridized carbons (Fsp3) is 0.833. The Hall–Kier alpha value is -0.520. The van der Waals surface area contributed by atoms with Gasteiger partial charge in [0, 0.05) is 18.1 Å². The van der Waals surface area contributed by atoms with Gasteiger partial charge in [-0.25, -0.2) is 0 Å². The van der Waals surface area contributed by atoms with Crippen LogP contribution in [-0.2, 0) is 4.74 Å². The van der Waals surface area contributed by atoms with Crippen molar-refractivity contribution >= 4 is 0 Å². The molecule has 1 saturated heterocycles. The molecular formula is C12H21NO. The van der Waals surface area contributed by atoms with E-state index >= 15 is 0 Å². The predicted molar refractivity (Wildman–Crippen MR) is 59.1 cm³/mol. The summed E-state index contributed by atoms with van der Waals surface area (Å²) in [6, 6.07) is 0.490. The lowest BCUT2D eigenvalue weighted by Gasteiger charge is -2.14. The summed E-state index contributed by atoms with van der Waals surface area (Å²) >= 11 is 0. The van der Waals surface area contributed by atoms with E-state index in [0.717, 1.165) is 19.6 Å². The maximum atomic E-state index is 5.45. The zero-order valence-corrected chi connectivity index (χ0v) is 9.68. The van der Waals surface area contributed by atoms with E-state index in [4.69, 9.17) is 4.74 Å². The second kappa shape index (κ2) is 4.82. The van der Waals surface area contributed by atoms with Gasteiger partial charge in [0.15, 0.2) is 0 Å². The summed E-state index contributed by atoms with van der Waals surface area (Å²) in [6.07, 6.45) is 1.45. The number of nitrogens with one attached hydrogen (secondary N) is 1. The average molecular weight is 195 g/mol. The first-order chi connectivity index (χ1) is 6.49. The van der Waals surface area contributed by atoms with Gasteiger partial charge in [-0.15, -0.1) is 0 Å². The van der Waals surface area contributed by atoms with Crippen LogP contribution < -0.4 is 5.32 Å². The Labute approximate surface area is 87.4 Å². The molecule has 1 aliphatic heterocycles. The van der Waals surface area contributed by atoms with Crippen molar-refractivity contribution in [2.45, 2.75) is 46.3 Å². The van der Waals surface area contributed by atoms with Crippen LogP contribution in [0.15, 0.2) is 0 Å². The van der Waals surface area contributed by atoms with E-state index in [2.05, 4.69) is 44.9 Å². The van der Waals surface area contributed by atoms with Crippen LogP contribution in [0.5, 0.6) is 0 Å². The van der Waals surface area contributed by atoms with Crippen molar-refractivity contribution in [1.29, 1.82) is 0 Å². The van der Waals surface area contributed by atoms with Gasteiger partial charge in [0.05, 0.1) is 12.6 Å². The molecule has 1 rings (SSSR count). The van der Waals surface area contributed by atoms with E-state index in [0.29, 0.717) is 12.1 Å². The first-order valence-electron chi connectivity index (χ1n) is 5.34. The molecule has 1 N–H and O–H groups in total. The van der Waals surface area contributed by atoms with Gasteiger partial charge in [-0.3, -0.25) is 0 Å². The molecule has 0 amide bonds. The van der Waals surface area contributed by atoms with Crippen molar-refractivity contribution in [3.63, 3.8) is 0 Å². The van der Waals surface area contributed by atoms with Crippen LogP contribution in [-0.4, -0.2) is 25.3 Å². The summed E-state index contributed by atoms with van der Waals surface area (Å²) in [7, 11) is 0. The fourth-order valence-electron chi connectivity index (χ4n) is 1.49. The zero-order valence-electron chi connectivity index (χ0n) is 9.68. The Morgan fingerprint density at radius 1 is 1.43 bits per heavy atom. The molecule has 1 fully saturated rings. The van der Waals surface area contributed by atoms with Gasteiger partial charge < -0.3 is 10.1 Å². The standard InChI is InChI=1S/C12H21NO/c1-10-11(6-9-14-10)13-8-5-7-12(2,3)4/h10-11,13H,6,8-9H2,1-4H3. The van der Waals surface area contributed by atoms with Gasteiger partial charge in [0.25, 0.3) is 0 Å². The number of hydrogen-bond donors (Lipinski definition) is 1. The Balaban J connectivity index is 2.23. The van der Waals surface area contributed by atoms with Gasteiger partial charge in [0.1, 0.15) is 0 Å². The largest absolute Gasteiger partial charge is 0.377 e. The summed E-state index contributed by atoms with van der Waals surface area (Å²) in [6.45, 7) is 10.1. The van der Waals surface area contributed by atoms with Gasteiger partial charge in [-0.2, -0.15) is 0 Å². The Morgan fingerprint density at radius 3 is 2.64 bits per heavy atom. The third-order valence-corrected chi connectivity index (χ3v) is 2.29. The highest BCUT2D eigenvalue weighted by Crippen LogP contribution is 2.12. The molecule has 0 saturated carbocycles. The van der Waals surface area contributed by atoms with Crippen molar-refractivity contribution in [2.75, 3.05) is 13.2 Å². The molecule has 0 spiro atoms. The van der Waals surface area contributed by atoms with E-state index in [9.17, 15) is 0 Å². The summed E-state index contributed by atoms with van der Waals surface area (Å²) in [4.78, 5) is 0. The number of ether oxygens (including phenoxy) is 1. The SMILES string of the molecule is CC1OCCC1NCC#CC(C)(C)C. The smallest absolute Gasteiger partial charge is 0.0701 e. The summed E-state index contributed by atoms with van der Waals surface area (Å²) in [5.41, 5.74) is 0.111. The molecule has 80 valence electrons. The van der Waals surface area contributed by atoms with Crippen LogP contribution in [0.1, 0.15) is 34.1 Å². The maximum absolute atomic E-state index is 5.45. The molecule has 0 aliphatic carbocycles. The van der Waals surface area contributed by atoms with Crippen molar-refractivity contribution < 1.29 is 4.74 Å². The van der Waals surface area contributed by atoms with Gasteiger partial charge >= 0.3 is 0 Å². The van der Waals surface area contributed by atoms with Crippen LogP contribution in [0.2, 0.25) is 0 Å². The maximum Gasteiger partial charge on any atom is 0.0701 e. The van der Waals surface area contributed by atoms with Crippen molar-refractivity contribution in [2.24, 2.45) is 5.41 Å². The molecule has 2 atom stereocenters. The van der Waals surface area contributed by atoms with E-state index in [1.54, 1.807) is 0 Å². The third-order valence-electron chi connectivity index (χ3n) is 2.29. The van der Waals surface area contributed by atoms with E-state index < -0.39 is 0 Å². The molecule has 2 nitrogen and oxygen atoms in total. The van der Waals surface area contributed by atoms with Crippen LogP contribution in [0, 0.1) is 17.3 Å². The van der Waals surface area contributed by atoms with Gasteiger partial charge in [0.2, 0.25) is 0 Å². The fourth-order valence-corrected chi connectivity index (χ4v) is 1.49. The van der Waals surface area contributed by atoms with Crippen molar-refractivity contribution in [1.82, 2.24) is 5.32 Å². The molecule has 0 bridgehead atoms. The lowest BCUT2D eigenvalue weighted by atomic mass is 9.98. The van der Waals surface area contributed by atoms with Gasteiger partial charge in [-0.05, 0) is 34.1 Å². The Bertz CT molecular complexity index is 231. The number of hydrogen-bond acceptors (Lipinski definition) is 2. The molecule has 0 aromatic rings. The van der Waals surface area contributed by atoms with E-state index in [1.165, 1.54) is 0 Å². The van der Waals surface area contributed by atoms with Crippen molar-refractivity contribution in [3.8, 4) is 11.8 Å². The highest BCUT2D eigenvalue weighted by atomic mass is 16.5. The third kappa shape index (κ3) is 4.13. The first kappa shape index (κ1) is 11.6. The molecule has 2 unspecified atom stereocenters. The number of rotatable bonds is 2. The highest BCUT2D eigenvalue weighted by molar-refractivity contribution is 5.08. The van der Waals surface area contributed by atoms with E-state index in [-0.39, 0.29) is 5.41 Å². The normalized spacial score (nSPS) is 27.1. The lowest BCUT2D eigenvalue weighted by molar-refractivity contribution is 0.114. The van der Waals surface area contributed by atoms with Crippen LogP contribution in [0.3, 0.4) is 0 Å². The van der Waals surface area contributed by atoms with Crippen LogP contribution in [0.25, 0.3) is 0 Å². The zero-order chi connectivity index (χ0) is 10.6. The Morgan fingerprint density at radius 2 is 2.14 bits per heavy atom. The van der Waals surface area contributed by atoms with E-state index in [1.807, 2.05) is 0 Å². The van der Waals surface area contributed by atoms with Crippen LogP contribution >= 0.6 is 0 Å². The molecule has 1 aliphatic rings. The molecular weight excluding hydrogens is 174 g/mol. The minimum absolute atomic E-state index is 0.111. The quantitative estimate of drug-likeness (QED) is 0.678. The summed E-state index contributed by atoms with van der Waals surface area (Å²) in [5, 5.41) is 3.41. The molecule has 0 radical (unpaired) electrons. The monoisotopic (exact) mass is 195 g/mol. The molecule has 2 heteroatoms. The molecule has 1 heterocycles. The molecule has 0 aromatic heterocycles. The Kier molecular flexibility index (Phi) is 3.97. The lowest BCUT2D eigenvalue weighted by Crippen LogP contribution is -2.34. The minimum Gasteiger partial charge on any atom is -0.377 e. The second-order valence-electron chi connectivity index (χ2n) is 4.90. The molecule has 14 heavy (non-hydrogen) atoms. The van der Waals surface area contributed by atoms with Gasteiger partial charge in [-0.1, -0.05) is 11.8 Å². The molecule has 0 aromatic carbocycles. The highest BCUT2D eigenvalue weighted by Gasteiger charge is 2.22. The summed E-state index contributed by atoms with van der Waals surface area (Å²) < 4.78 is 5.45. The average Bonchev–Trinajstić information content (AvgIpc) is 2.44. The summed E-state index contributed by atoms with van der Waals surface area (Å²) in [5.74, 6) is 6.36. The van der Waals surface area contributed by atoms with Crippen molar-refractivity contribution in [3.05, 3.63) is 0 Å². The predicted octanol–water partition coefficient (Wildman–Crippen LogP) is 1.80. The topological polar surface area (TPSA) is 21.3 Å². The first-order valence-corrected chi connectivity index (χ1v) is 5.34. The minimum atomic E-state index is 0.111. The van der Waals surface area contributed by atoms with Crippen LogP contribution in [0.4, 0.5) is 0 Å².